The summed E-state index contributed by atoms with van der Waals surface area (Å²) < 4.78 is 34.4. The van der Waals surface area contributed by atoms with Gasteiger partial charge in [0.05, 0.1) is 10.9 Å². The minimum Gasteiger partial charge on any atom is -0.550 e. The number of nitrogens with one attached hydrogen (secondary N) is 1. The summed E-state index contributed by atoms with van der Waals surface area (Å²) in [6.45, 7) is 0. The molecule has 150 valence electrons. The van der Waals surface area contributed by atoms with Crippen LogP contribution >= 0.6 is 15.9 Å². The number of rotatable bonds is 8. The fourth-order valence-electron chi connectivity index (χ4n) is 2.68. The quantitative estimate of drug-likeness (QED) is 0.539. The molecule has 0 saturated carbocycles. The lowest BCUT2D eigenvalue weighted by molar-refractivity contribution is -0.306. The number of carbonyl (C=O) groups excluding carboxylic acids is 1. The van der Waals surface area contributed by atoms with Gasteiger partial charge < -0.3 is 14.6 Å². The molecule has 3 aromatic carbocycles. The first kappa shape index (κ1) is 21.0. The topological polar surface area (TPSA) is 95.5 Å². The number of halogens is 1. The van der Waals surface area contributed by atoms with Crippen molar-refractivity contribution in [2.24, 2.45) is 0 Å². The molecule has 0 aliphatic rings. The molecule has 0 heterocycles. The highest BCUT2D eigenvalue weighted by atomic mass is 79.9. The Morgan fingerprint density at radius 2 is 1.62 bits per heavy atom. The van der Waals surface area contributed by atoms with Gasteiger partial charge in [0.15, 0.2) is 0 Å². The molecule has 0 aliphatic heterocycles. The molecule has 8 heteroatoms. The van der Waals surface area contributed by atoms with Gasteiger partial charge in [0.1, 0.15) is 11.5 Å². The van der Waals surface area contributed by atoms with Gasteiger partial charge in [0, 0.05) is 16.9 Å². The van der Waals surface area contributed by atoms with Crippen molar-refractivity contribution < 1.29 is 23.1 Å². The van der Waals surface area contributed by atoms with E-state index in [0.717, 1.165) is 4.47 Å². The molecular formula is C21H17BrNO5S-. The largest absolute Gasteiger partial charge is 0.550 e. The van der Waals surface area contributed by atoms with Crippen molar-refractivity contribution in [2.75, 3.05) is 0 Å². The fraction of sp³-hybridized carbons (Fsp3) is 0.0952. The van der Waals surface area contributed by atoms with Gasteiger partial charge in [-0.25, -0.2) is 13.1 Å². The Morgan fingerprint density at radius 3 is 2.28 bits per heavy atom. The van der Waals surface area contributed by atoms with Crippen LogP contribution in [0.15, 0.2) is 88.2 Å². The summed E-state index contributed by atoms with van der Waals surface area (Å²) in [7, 11) is -3.94. The summed E-state index contributed by atoms with van der Waals surface area (Å²) >= 11 is 3.25. The van der Waals surface area contributed by atoms with Crippen LogP contribution in [-0.2, 0) is 14.8 Å². The third-order valence-electron chi connectivity index (χ3n) is 4.03. The van der Waals surface area contributed by atoms with E-state index in [9.17, 15) is 18.3 Å². The summed E-state index contributed by atoms with van der Waals surface area (Å²) in [4.78, 5) is 11.3. The van der Waals surface area contributed by atoms with Crippen molar-refractivity contribution >= 4 is 31.9 Å². The van der Waals surface area contributed by atoms with Crippen LogP contribution < -0.4 is 14.6 Å². The summed E-state index contributed by atoms with van der Waals surface area (Å²) in [5.74, 6) is -0.306. The number of hydrogen-bond donors (Lipinski definition) is 1. The monoisotopic (exact) mass is 474 g/mol. The number of sulfonamides is 1. The van der Waals surface area contributed by atoms with Gasteiger partial charge in [0.25, 0.3) is 0 Å². The van der Waals surface area contributed by atoms with Crippen LogP contribution in [0.5, 0.6) is 11.5 Å². The molecule has 0 aliphatic carbocycles. The van der Waals surface area contributed by atoms with Crippen molar-refractivity contribution in [3.63, 3.8) is 0 Å². The number of carboxylic acid groups (broad SMARTS) is 1. The molecule has 3 rings (SSSR count). The number of hydrogen-bond acceptors (Lipinski definition) is 5. The zero-order valence-corrected chi connectivity index (χ0v) is 17.5. The van der Waals surface area contributed by atoms with Gasteiger partial charge in [-0.2, -0.15) is 0 Å². The van der Waals surface area contributed by atoms with Crippen LogP contribution in [0.25, 0.3) is 0 Å². The molecule has 29 heavy (non-hydrogen) atoms. The zero-order chi connectivity index (χ0) is 20.9. The predicted octanol–water partition coefficient (Wildman–Crippen LogP) is 3.40. The maximum Gasteiger partial charge on any atom is 0.241 e. The highest BCUT2D eigenvalue weighted by Gasteiger charge is 2.22. The molecule has 0 bridgehead atoms. The number of carboxylic acids is 1. The minimum atomic E-state index is -3.94. The summed E-state index contributed by atoms with van der Waals surface area (Å²) in [5, 5.41) is 11.2. The van der Waals surface area contributed by atoms with Crippen LogP contribution in [0.1, 0.15) is 18.0 Å². The number of ether oxygens (including phenoxy) is 1. The molecule has 1 N–H and O–H groups in total. The lowest BCUT2D eigenvalue weighted by atomic mass is 10.0. The highest BCUT2D eigenvalue weighted by molar-refractivity contribution is 9.10. The van der Waals surface area contributed by atoms with E-state index in [0.29, 0.717) is 17.1 Å². The SMILES string of the molecule is O=C([O-])C[C@H](NS(=O)(=O)c1ccc(Br)cc1)c1cccc(Oc2ccccc2)c1. The average molecular weight is 475 g/mol. The first-order valence-corrected chi connectivity index (χ1v) is 10.9. The minimum absolute atomic E-state index is 0.0285. The van der Waals surface area contributed by atoms with Crippen molar-refractivity contribution in [3.05, 3.63) is 88.9 Å². The van der Waals surface area contributed by atoms with Gasteiger partial charge in [-0.05, 0) is 54.1 Å². The smallest absolute Gasteiger partial charge is 0.241 e. The fourth-order valence-corrected chi connectivity index (χ4v) is 4.17. The van der Waals surface area contributed by atoms with Crippen molar-refractivity contribution in [1.29, 1.82) is 0 Å². The molecular weight excluding hydrogens is 458 g/mol. The molecule has 1 atom stereocenters. The van der Waals surface area contributed by atoms with Gasteiger partial charge >= 0.3 is 0 Å². The summed E-state index contributed by atoms with van der Waals surface area (Å²) in [6.07, 6.45) is -0.523. The Kier molecular flexibility index (Phi) is 6.68. The van der Waals surface area contributed by atoms with E-state index in [1.54, 1.807) is 48.5 Å². The van der Waals surface area contributed by atoms with Crippen LogP contribution in [-0.4, -0.2) is 14.4 Å². The lowest BCUT2D eigenvalue weighted by Gasteiger charge is -2.20. The van der Waals surface area contributed by atoms with E-state index in [1.165, 1.54) is 12.1 Å². The Labute approximate surface area is 177 Å². The first-order valence-electron chi connectivity index (χ1n) is 8.64. The first-order chi connectivity index (χ1) is 13.8. The second-order valence-electron chi connectivity index (χ2n) is 6.19. The zero-order valence-electron chi connectivity index (χ0n) is 15.1. The van der Waals surface area contributed by atoms with Crippen molar-refractivity contribution in [3.8, 4) is 11.5 Å². The highest BCUT2D eigenvalue weighted by Crippen LogP contribution is 2.27. The number of carbonyl (C=O) groups is 1. The van der Waals surface area contributed by atoms with Gasteiger partial charge in [-0.1, -0.05) is 46.3 Å². The van der Waals surface area contributed by atoms with Crippen LogP contribution in [0.3, 0.4) is 0 Å². The maximum atomic E-state index is 12.7. The van der Waals surface area contributed by atoms with Gasteiger partial charge in [0.2, 0.25) is 10.0 Å². The van der Waals surface area contributed by atoms with Gasteiger partial charge in [-0.15, -0.1) is 0 Å². The van der Waals surface area contributed by atoms with Gasteiger partial charge in [-0.3, -0.25) is 0 Å². The van der Waals surface area contributed by atoms with E-state index < -0.39 is 28.5 Å². The summed E-state index contributed by atoms with van der Waals surface area (Å²) in [5.41, 5.74) is 0.448. The van der Waals surface area contributed by atoms with E-state index in [1.807, 2.05) is 18.2 Å². The third-order valence-corrected chi connectivity index (χ3v) is 6.05. The van der Waals surface area contributed by atoms with Crippen LogP contribution in [0.4, 0.5) is 0 Å². The van der Waals surface area contributed by atoms with E-state index >= 15 is 0 Å². The Balaban J connectivity index is 1.87. The van der Waals surface area contributed by atoms with Crippen LogP contribution in [0, 0.1) is 0 Å². The Morgan fingerprint density at radius 1 is 0.966 bits per heavy atom. The van der Waals surface area contributed by atoms with E-state index in [2.05, 4.69) is 20.7 Å². The molecule has 3 aromatic rings. The summed E-state index contributed by atoms with van der Waals surface area (Å²) in [6, 6.07) is 20.7. The standard InChI is InChI=1S/C21H18BrNO5S/c22-16-9-11-19(12-10-16)29(26,27)23-20(14-21(24)25)15-5-4-8-18(13-15)28-17-6-2-1-3-7-17/h1-13,20,23H,14H2,(H,24,25)/p-1/t20-/m0/s1. The molecule has 0 radical (unpaired) electrons. The Hall–Kier alpha value is -2.68. The molecule has 0 spiro atoms. The van der Waals surface area contributed by atoms with Crippen LogP contribution in [0.2, 0.25) is 0 Å². The predicted molar refractivity (Wildman–Crippen MR) is 110 cm³/mol. The van der Waals surface area contributed by atoms with E-state index in [-0.39, 0.29) is 4.90 Å². The second kappa shape index (κ2) is 9.21. The maximum absolute atomic E-state index is 12.7. The number of para-hydroxylation sites is 1. The van der Waals surface area contributed by atoms with Crippen molar-refractivity contribution in [1.82, 2.24) is 4.72 Å². The normalized spacial score (nSPS) is 12.3. The molecule has 6 nitrogen and oxygen atoms in total. The third kappa shape index (κ3) is 5.90. The lowest BCUT2D eigenvalue weighted by Crippen LogP contribution is -2.34. The number of benzene rings is 3. The average Bonchev–Trinajstić information content (AvgIpc) is 2.68. The number of aliphatic carboxylic acids is 1. The molecule has 0 saturated heterocycles. The molecule has 0 amide bonds. The Bertz CT molecular complexity index is 1090. The molecule has 0 fully saturated rings. The molecule has 0 unspecified atom stereocenters. The van der Waals surface area contributed by atoms with E-state index in [4.69, 9.17) is 4.74 Å². The second-order valence-corrected chi connectivity index (χ2v) is 8.82. The van der Waals surface area contributed by atoms with Crippen molar-refractivity contribution in [2.45, 2.75) is 17.4 Å². The molecule has 0 aromatic heterocycles.